The third kappa shape index (κ3) is 2.07. The number of carboxylic acids is 1. The van der Waals surface area contributed by atoms with Gasteiger partial charge < -0.3 is 9.90 Å². The topological polar surface area (TPSA) is 40.1 Å². The second-order valence-corrected chi connectivity index (χ2v) is 3.15. The Bertz CT molecular complexity index is 166. The molecule has 1 rings (SSSR count). The second-order valence-electron chi connectivity index (χ2n) is 3.15. The molecule has 0 N–H and O–H groups in total. The van der Waals surface area contributed by atoms with Gasteiger partial charge in [0.15, 0.2) is 0 Å². The lowest BCUT2D eigenvalue weighted by atomic mass is 9.84. The van der Waals surface area contributed by atoms with Crippen molar-refractivity contribution in [3.05, 3.63) is 12.2 Å². The van der Waals surface area contributed by atoms with Crippen molar-refractivity contribution >= 4 is 5.97 Å². The van der Waals surface area contributed by atoms with Gasteiger partial charge in [0.2, 0.25) is 0 Å². The first-order valence-corrected chi connectivity index (χ1v) is 4.12. The molecule has 0 heterocycles. The van der Waals surface area contributed by atoms with Crippen LogP contribution in [0.25, 0.3) is 0 Å². The van der Waals surface area contributed by atoms with E-state index in [0.717, 1.165) is 25.7 Å². The van der Waals surface area contributed by atoms with Crippen LogP contribution in [0.4, 0.5) is 0 Å². The maximum absolute atomic E-state index is 10.4. The SMILES string of the molecule is C=C(C(=O)[O-])C1CCCCC1. The summed E-state index contributed by atoms with van der Waals surface area (Å²) < 4.78 is 0. The van der Waals surface area contributed by atoms with Crippen LogP contribution in [-0.2, 0) is 4.79 Å². The average Bonchev–Trinajstić information content (AvgIpc) is 2.05. The largest absolute Gasteiger partial charge is 0.545 e. The molecule has 0 saturated heterocycles. The molecule has 2 nitrogen and oxygen atoms in total. The molecule has 0 radical (unpaired) electrons. The van der Waals surface area contributed by atoms with Crippen LogP contribution in [-0.4, -0.2) is 5.97 Å². The van der Waals surface area contributed by atoms with Crippen molar-refractivity contribution in [1.29, 1.82) is 0 Å². The van der Waals surface area contributed by atoms with E-state index in [0.29, 0.717) is 5.57 Å². The molecule has 62 valence electrons. The molecule has 2 heteroatoms. The normalized spacial score (nSPS) is 19.6. The van der Waals surface area contributed by atoms with Gasteiger partial charge in [-0.15, -0.1) is 0 Å². The summed E-state index contributed by atoms with van der Waals surface area (Å²) in [4.78, 5) is 10.4. The lowest BCUT2D eigenvalue weighted by Gasteiger charge is -2.23. The van der Waals surface area contributed by atoms with Crippen LogP contribution in [0, 0.1) is 5.92 Å². The van der Waals surface area contributed by atoms with Crippen molar-refractivity contribution in [2.75, 3.05) is 0 Å². The van der Waals surface area contributed by atoms with Crippen LogP contribution in [0.1, 0.15) is 32.1 Å². The zero-order chi connectivity index (χ0) is 8.27. The zero-order valence-electron chi connectivity index (χ0n) is 6.64. The molecule has 1 fully saturated rings. The molecule has 1 aliphatic carbocycles. The van der Waals surface area contributed by atoms with Crippen molar-refractivity contribution in [2.24, 2.45) is 5.92 Å². The van der Waals surface area contributed by atoms with Gasteiger partial charge in [-0.3, -0.25) is 0 Å². The number of carboxylic acid groups (broad SMARTS) is 1. The fourth-order valence-corrected chi connectivity index (χ4v) is 1.62. The maximum atomic E-state index is 10.4. The molecule has 0 amide bonds. The smallest absolute Gasteiger partial charge is 0.0671 e. The molecule has 1 saturated carbocycles. The lowest BCUT2D eigenvalue weighted by molar-refractivity contribution is -0.300. The van der Waals surface area contributed by atoms with Gasteiger partial charge in [-0.1, -0.05) is 25.8 Å². The summed E-state index contributed by atoms with van der Waals surface area (Å²) in [7, 11) is 0. The molecular formula is C9H13O2-. The molecule has 0 spiro atoms. The van der Waals surface area contributed by atoms with Crippen molar-refractivity contribution in [3.8, 4) is 0 Å². The van der Waals surface area contributed by atoms with Crippen molar-refractivity contribution in [2.45, 2.75) is 32.1 Å². The van der Waals surface area contributed by atoms with Gasteiger partial charge in [-0.25, -0.2) is 0 Å². The molecule has 0 atom stereocenters. The molecule has 0 bridgehead atoms. The molecule has 0 aliphatic heterocycles. The highest BCUT2D eigenvalue weighted by Gasteiger charge is 2.16. The zero-order valence-corrected chi connectivity index (χ0v) is 6.64. The van der Waals surface area contributed by atoms with Gasteiger partial charge in [0.1, 0.15) is 0 Å². The van der Waals surface area contributed by atoms with Crippen molar-refractivity contribution in [1.82, 2.24) is 0 Å². The van der Waals surface area contributed by atoms with E-state index in [1.165, 1.54) is 6.42 Å². The Kier molecular flexibility index (Phi) is 2.69. The first-order chi connectivity index (χ1) is 5.22. The molecule has 11 heavy (non-hydrogen) atoms. The number of carbonyl (C=O) groups excluding carboxylic acids is 1. The van der Waals surface area contributed by atoms with Gasteiger partial charge >= 0.3 is 0 Å². The van der Waals surface area contributed by atoms with Crippen LogP contribution in [0.5, 0.6) is 0 Å². The second kappa shape index (κ2) is 3.56. The fraction of sp³-hybridized carbons (Fsp3) is 0.667. The Morgan fingerprint density at radius 1 is 1.27 bits per heavy atom. The molecular weight excluding hydrogens is 140 g/mol. The Labute approximate surface area is 66.9 Å². The Hall–Kier alpha value is -0.790. The Morgan fingerprint density at radius 2 is 1.82 bits per heavy atom. The standard InChI is InChI=1S/C9H14O2/c1-7(9(10)11)8-5-3-2-4-6-8/h8H,1-6H2,(H,10,11)/p-1. The lowest BCUT2D eigenvalue weighted by Crippen LogP contribution is -2.28. The van der Waals surface area contributed by atoms with E-state index >= 15 is 0 Å². The van der Waals surface area contributed by atoms with Crippen molar-refractivity contribution in [3.63, 3.8) is 0 Å². The van der Waals surface area contributed by atoms with Crippen LogP contribution < -0.4 is 5.11 Å². The number of carbonyl (C=O) groups is 1. The quantitative estimate of drug-likeness (QED) is 0.552. The van der Waals surface area contributed by atoms with Gasteiger partial charge in [-0.05, 0) is 24.3 Å². The summed E-state index contributed by atoms with van der Waals surface area (Å²) in [5.41, 5.74) is 0.296. The summed E-state index contributed by atoms with van der Waals surface area (Å²) in [6, 6.07) is 0. The van der Waals surface area contributed by atoms with Crippen LogP contribution in [0.3, 0.4) is 0 Å². The van der Waals surface area contributed by atoms with E-state index in [-0.39, 0.29) is 5.92 Å². The Balaban J connectivity index is 2.45. The van der Waals surface area contributed by atoms with Gasteiger partial charge in [0, 0.05) is 0 Å². The minimum absolute atomic E-state index is 0.189. The molecule has 0 aromatic heterocycles. The van der Waals surface area contributed by atoms with Gasteiger partial charge in [0.05, 0.1) is 5.97 Å². The third-order valence-corrected chi connectivity index (χ3v) is 2.36. The number of hydrogen-bond acceptors (Lipinski definition) is 2. The summed E-state index contributed by atoms with van der Waals surface area (Å²) in [5, 5.41) is 10.4. The fourth-order valence-electron chi connectivity index (χ4n) is 1.62. The summed E-state index contributed by atoms with van der Waals surface area (Å²) in [6.07, 6.45) is 5.46. The summed E-state index contributed by atoms with van der Waals surface area (Å²) in [5.74, 6) is -0.884. The van der Waals surface area contributed by atoms with Crippen LogP contribution in [0.15, 0.2) is 12.2 Å². The van der Waals surface area contributed by atoms with Gasteiger partial charge in [0.25, 0.3) is 0 Å². The van der Waals surface area contributed by atoms with E-state index in [1.807, 2.05) is 0 Å². The van der Waals surface area contributed by atoms with E-state index in [9.17, 15) is 9.90 Å². The van der Waals surface area contributed by atoms with E-state index in [1.54, 1.807) is 0 Å². The van der Waals surface area contributed by atoms with Crippen molar-refractivity contribution < 1.29 is 9.90 Å². The third-order valence-electron chi connectivity index (χ3n) is 2.36. The molecule has 0 unspecified atom stereocenters. The highest BCUT2D eigenvalue weighted by atomic mass is 16.4. The monoisotopic (exact) mass is 153 g/mol. The maximum Gasteiger partial charge on any atom is 0.0671 e. The van der Waals surface area contributed by atoms with Gasteiger partial charge in [-0.2, -0.15) is 0 Å². The molecule has 0 aromatic carbocycles. The highest BCUT2D eigenvalue weighted by Crippen LogP contribution is 2.28. The first kappa shape index (κ1) is 8.31. The van der Waals surface area contributed by atoms with Crippen LogP contribution >= 0.6 is 0 Å². The highest BCUT2D eigenvalue weighted by molar-refractivity contribution is 5.84. The summed E-state index contributed by atoms with van der Waals surface area (Å²) in [6.45, 7) is 3.52. The molecule has 0 aromatic rings. The minimum atomic E-state index is -1.07. The number of aliphatic carboxylic acids is 1. The molecule has 1 aliphatic rings. The minimum Gasteiger partial charge on any atom is -0.545 e. The summed E-state index contributed by atoms with van der Waals surface area (Å²) >= 11 is 0. The van der Waals surface area contributed by atoms with E-state index in [4.69, 9.17) is 0 Å². The number of rotatable bonds is 2. The predicted octanol–water partition coefficient (Wildman–Crippen LogP) is 0.873. The van der Waals surface area contributed by atoms with E-state index < -0.39 is 5.97 Å². The van der Waals surface area contributed by atoms with Crippen LogP contribution in [0.2, 0.25) is 0 Å². The first-order valence-electron chi connectivity index (χ1n) is 4.12. The Morgan fingerprint density at radius 3 is 2.27 bits per heavy atom. The number of hydrogen-bond donors (Lipinski definition) is 0. The average molecular weight is 153 g/mol. The predicted molar refractivity (Wildman–Crippen MR) is 40.7 cm³/mol. The van der Waals surface area contributed by atoms with E-state index in [2.05, 4.69) is 6.58 Å².